The maximum absolute atomic E-state index is 12.2. The van der Waals surface area contributed by atoms with Crippen LogP contribution >= 0.6 is 23.2 Å². The molecule has 10 nitrogen and oxygen atoms in total. The van der Waals surface area contributed by atoms with Crippen LogP contribution in [0.15, 0.2) is 44.4 Å². The van der Waals surface area contributed by atoms with Gasteiger partial charge in [0.05, 0.1) is 26.8 Å². The van der Waals surface area contributed by atoms with Crippen molar-refractivity contribution in [2.75, 3.05) is 0 Å². The van der Waals surface area contributed by atoms with Gasteiger partial charge in [0.2, 0.25) is 5.82 Å². The van der Waals surface area contributed by atoms with Crippen LogP contribution in [-0.2, 0) is 0 Å². The average Bonchev–Trinajstić information content (AvgIpc) is 3.23. The van der Waals surface area contributed by atoms with Gasteiger partial charge in [-0.15, -0.1) is 0 Å². The Balaban J connectivity index is 1.76. The third-order valence-electron chi connectivity index (χ3n) is 4.49. The van der Waals surface area contributed by atoms with Crippen molar-refractivity contribution in [3.63, 3.8) is 0 Å². The number of ether oxygens (including phenoxy) is 1. The fourth-order valence-corrected chi connectivity index (χ4v) is 3.75. The molecule has 0 spiro atoms. The maximum atomic E-state index is 12.2. The van der Waals surface area contributed by atoms with Crippen molar-refractivity contribution in [3.8, 4) is 17.2 Å². The number of rotatable bonds is 5. The lowest BCUT2D eigenvalue weighted by atomic mass is 10.2. The molecule has 0 fully saturated rings. The van der Waals surface area contributed by atoms with Gasteiger partial charge in [0, 0.05) is 12.1 Å². The summed E-state index contributed by atoms with van der Waals surface area (Å²) < 4.78 is 12.8. The number of primary amides is 1. The van der Waals surface area contributed by atoms with E-state index in [1.54, 1.807) is 22.8 Å². The van der Waals surface area contributed by atoms with Gasteiger partial charge >= 0.3 is 11.4 Å². The SMILES string of the molecule is CC(C)n1c(=O)[nH]c2ccc(Oc3c(Cl)cc(-n4c(C(N)=O)noc4=O)cc3Cl)cc21. The molecule has 0 aliphatic rings. The van der Waals surface area contributed by atoms with E-state index in [9.17, 15) is 14.4 Å². The normalized spacial score (nSPS) is 11.4. The standard InChI is InChI=1S/C19H15Cl2N5O5/c1-8(2)25-14-7-10(3-4-13(14)23-18(25)28)30-15-11(20)5-9(6-12(15)21)26-17(16(22)27)24-31-19(26)29/h3-8H,1-2H3,(H2,22,27)(H,23,28). The van der Waals surface area contributed by atoms with Crippen LogP contribution in [-0.4, -0.2) is 25.2 Å². The molecule has 0 aliphatic carbocycles. The summed E-state index contributed by atoms with van der Waals surface area (Å²) in [6, 6.07) is 7.68. The van der Waals surface area contributed by atoms with E-state index < -0.39 is 17.5 Å². The molecule has 12 heteroatoms. The van der Waals surface area contributed by atoms with Gasteiger partial charge in [0.1, 0.15) is 5.75 Å². The van der Waals surface area contributed by atoms with Crippen LogP contribution < -0.4 is 21.9 Å². The van der Waals surface area contributed by atoms with Gasteiger partial charge in [-0.25, -0.2) is 14.2 Å². The quantitative estimate of drug-likeness (QED) is 0.465. The topological polar surface area (TPSA) is 138 Å². The summed E-state index contributed by atoms with van der Waals surface area (Å²) >= 11 is 12.7. The lowest BCUT2D eigenvalue weighted by Gasteiger charge is -2.13. The number of amides is 1. The number of benzene rings is 2. The summed E-state index contributed by atoms with van der Waals surface area (Å²) in [6.45, 7) is 3.78. The Hall–Kier alpha value is -3.50. The molecule has 3 N–H and O–H groups in total. The van der Waals surface area contributed by atoms with Crippen LogP contribution in [0.4, 0.5) is 0 Å². The first-order chi connectivity index (χ1) is 14.7. The number of carbonyl (C=O) groups is 1. The highest BCUT2D eigenvalue weighted by atomic mass is 35.5. The highest BCUT2D eigenvalue weighted by Crippen LogP contribution is 2.39. The minimum absolute atomic E-state index is 0.0569. The molecule has 0 bridgehead atoms. The summed E-state index contributed by atoms with van der Waals surface area (Å²) in [5.74, 6) is -1.80. The molecule has 31 heavy (non-hydrogen) atoms. The zero-order valence-electron chi connectivity index (χ0n) is 16.2. The van der Waals surface area contributed by atoms with Gasteiger partial charge in [-0.05, 0) is 43.3 Å². The third kappa shape index (κ3) is 3.60. The number of nitrogens with zero attached hydrogens (tertiary/aromatic N) is 3. The maximum Gasteiger partial charge on any atom is 0.446 e. The van der Waals surface area contributed by atoms with Crippen LogP contribution in [0.5, 0.6) is 11.5 Å². The molecular formula is C19H15Cl2N5O5. The van der Waals surface area contributed by atoms with Crippen molar-refractivity contribution in [3.05, 3.63) is 67.2 Å². The van der Waals surface area contributed by atoms with Crippen LogP contribution in [0.2, 0.25) is 10.0 Å². The molecule has 0 radical (unpaired) electrons. The number of imidazole rings is 1. The fraction of sp³-hybridized carbons (Fsp3) is 0.158. The van der Waals surface area contributed by atoms with Crippen molar-refractivity contribution >= 4 is 40.1 Å². The van der Waals surface area contributed by atoms with E-state index in [0.29, 0.717) is 16.8 Å². The third-order valence-corrected chi connectivity index (χ3v) is 5.05. The second-order valence-corrected chi connectivity index (χ2v) is 7.70. The first-order valence-corrected chi connectivity index (χ1v) is 9.73. The van der Waals surface area contributed by atoms with Gasteiger partial charge in [-0.1, -0.05) is 23.2 Å². The second-order valence-electron chi connectivity index (χ2n) is 6.89. The van der Waals surface area contributed by atoms with E-state index in [2.05, 4.69) is 14.7 Å². The molecule has 4 aromatic rings. The number of aromatic nitrogens is 4. The average molecular weight is 464 g/mol. The summed E-state index contributed by atoms with van der Waals surface area (Å²) in [6.07, 6.45) is 0. The smallest absolute Gasteiger partial charge is 0.446 e. The van der Waals surface area contributed by atoms with Crippen molar-refractivity contribution in [2.24, 2.45) is 5.73 Å². The Morgan fingerprint density at radius 2 is 1.87 bits per heavy atom. The number of H-pyrrole nitrogens is 1. The number of carbonyl (C=O) groups excluding carboxylic acids is 1. The second kappa shape index (κ2) is 7.64. The number of hydrogen-bond acceptors (Lipinski definition) is 6. The number of nitrogens with one attached hydrogen (secondary N) is 1. The summed E-state index contributed by atoms with van der Waals surface area (Å²) in [7, 11) is 0. The van der Waals surface area contributed by atoms with E-state index in [-0.39, 0.29) is 33.2 Å². The number of halogens is 2. The number of hydrogen-bond donors (Lipinski definition) is 2. The highest BCUT2D eigenvalue weighted by Gasteiger charge is 2.20. The van der Waals surface area contributed by atoms with Gasteiger partial charge in [-0.2, -0.15) is 0 Å². The largest absolute Gasteiger partial charge is 0.454 e. The van der Waals surface area contributed by atoms with E-state index in [0.717, 1.165) is 4.57 Å². The molecule has 0 aliphatic heterocycles. The summed E-state index contributed by atoms with van der Waals surface area (Å²) in [5, 5.41) is 3.46. The monoisotopic (exact) mass is 463 g/mol. The highest BCUT2D eigenvalue weighted by molar-refractivity contribution is 6.37. The van der Waals surface area contributed by atoms with Crippen LogP contribution in [0.25, 0.3) is 16.7 Å². The minimum Gasteiger partial charge on any atom is -0.454 e. The molecule has 0 unspecified atom stereocenters. The molecule has 2 heterocycles. The first kappa shape index (κ1) is 20.8. The van der Waals surface area contributed by atoms with Gasteiger partial charge in [0.25, 0.3) is 5.91 Å². The molecule has 2 aromatic heterocycles. The molecule has 1 amide bonds. The fourth-order valence-electron chi connectivity index (χ4n) is 3.20. The first-order valence-electron chi connectivity index (χ1n) is 8.97. The zero-order chi connectivity index (χ0) is 22.4. The van der Waals surface area contributed by atoms with Crippen molar-refractivity contribution in [1.29, 1.82) is 0 Å². The predicted octanol–water partition coefficient (Wildman–Crippen LogP) is 3.25. The number of aromatic amines is 1. The Morgan fingerprint density at radius 3 is 2.48 bits per heavy atom. The van der Waals surface area contributed by atoms with Crippen molar-refractivity contribution in [1.82, 2.24) is 19.3 Å². The molecule has 0 saturated carbocycles. The number of fused-ring (bicyclic) bond motifs is 1. The van der Waals surface area contributed by atoms with E-state index >= 15 is 0 Å². The Morgan fingerprint density at radius 1 is 1.19 bits per heavy atom. The van der Waals surface area contributed by atoms with Crippen molar-refractivity contribution < 1.29 is 14.1 Å². The van der Waals surface area contributed by atoms with Crippen LogP contribution in [0, 0.1) is 0 Å². The van der Waals surface area contributed by atoms with Crippen LogP contribution in [0.1, 0.15) is 30.5 Å². The van der Waals surface area contributed by atoms with Crippen LogP contribution in [0.3, 0.4) is 0 Å². The molecule has 160 valence electrons. The van der Waals surface area contributed by atoms with Gasteiger partial charge in [-0.3, -0.25) is 13.9 Å². The minimum atomic E-state index is -0.963. The summed E-state index contributed by atoms with van der Waals surface area (Å²) in [4.78, 5) is 38.4. The van der Waals surface area contributed by atoms with Gasteiger partial charge in [0.15, 0.2) is 5.75 Å². The Kier molecular flexibility index (Phi) is 5.11. The van der Waals surface area contributed by atoms with E-state index in [1.165, 1.54) is 12.1 Å². The summed E-state index contributed by atoms with van der Waals surface area (Å²) in [5.41, 5.74) is 6.42. The van der Waals surface area contributed by atoms with E-state index in [1.807, 2.05) is 13.8 Å². The molecule has 2 aromatic carbocycles. The van der Waals surface area contributed by atoms with Gasteiger partial charge < -0.3 is 15.5 Å². The molecule has 0 saturated heterocycles. The number of nitrogens with two attached hydrogens (primary N) is 1. The molecule has 4 rings (SSSR count). The Labute approximate surface area is 183 Å². The predicted molar refractivity (Wildman–Crippen MR) is 114 cm³/mol. The molecular weight excluding hydrogens is 449 g/mol. The lowest BCUT2D eigenvalue weighted by molar-refractivity contribution is 0.0985. The Bertz CT molecular complexity index is 1420. The van der Waals surface area contributed by atoms with Crippen molar-refractivity contribution in [2.45, 2.75) is 19.9 Å². The zero-order valence-corrected chi connectivity index (χ0v) is 17.7. The van der Waals surface area contributed by atoms with E-state index in [4.69, 9.17) is 33.7 Å². The molecule has 0 atom stereocenters. The lowest BCUT2D eigenvalue weighted by Crippen LogP contribution is -2.22.